The van der Waals surface area contributed by atoms with Gasteiger partial charge in [-0.1, -0.05) is 11.2 Å². The summed E-state index contributed by atoms with van der Waals surface area (Å²) >= 11 is 0. The number of nitrogens with zero attached hydrogens (tertiary/aromatic N) is 3. The van der Waals surface area contributed by atoms with E-state index in [9.17, 15) is 18.0 Å². The summed E-state index contributed by atoms with van der Waals surface area (Å²) in [6.07, 6.45) is -3.15. The predicted octanol–water partition coefficient (Wildman–Crippen LogP) is 3.51. The molecule has 0 fully saturated rings. The van der Waals surface area contributed by atoms with Crippen LogP contribution in [0.15, 0.2) is 28.8 Å². The van der Waals surface area contributed by atoms with E-state index in [4.69, 9.17) is 0 Å². The Kier molecular flexibility index (Phi) is 6.00. The van der Waals surface area contributed by atoms with Crippen LogP contribution >= 0.6 is 0 Å². The topological polar surface area (TPSA) is 71.3 Å². The maximum absolute atomic E-state index is 12.3. The number of carbonyl (C=O) groups is 1. The van der Waals surface area contributed by atoms with E-state index >= 15 is 0 Å². The van der Waals surface area contributed by atoms with Gasteiger partial charge in [0.25, 0.3) is 0 Å². The van der Waals surface area contributed by atoms with E-state index in [0.717, 1.165) is 5.69 Å². The van der Waals surface area contributed by atoms with Crippen molar-refractivity contribution in [3.8, 4) is 0 Å². The number of halogens is 3. The number of unbranched alkanes of at least 4 members (excludes halogenated alkanes) is 1. The number of aromatic nitrogens is 2. The van der Waals surface area contributed by atoms with Crippen LogP contribution in [0.1, 0.15) is 31.0 Å². The van der Waals surface area contributed by atoms with Gasteiger partial charge in [0.1, 0.15) is 0 Å². The predicted molar refractivity (Wildman–Crippen MR) is 86.3 cm³/mol. The number of carbonyl (C=O) groups excluding carboxylic acids is 1. The molecule has 0 saturated heterocycles. The summed E-state index contributed by atoms with van der Waals surface area (Å²) in [5, 5.41) is 6.08. The Morgan fingerprint density at radius 3 is 2.68 bits per heavy atom. The number of anilines is 2. The zero-order chi connectivity index (χ0) is 18.4. The monoisotopic (exact) mass is 356 g/mol. The van der Waals surface area contributed by atoms with Crippen LogP contribution in [-0.4, -0.2) is 30.1 Å². The highest BCUT2D eigenvalue weighted by atomic mass is 19.4. The van der Waals surface area contributed by atoms with Crippen LogP contribution in [0.3, 0.4) is 0 Å². The van der Waals surface area contributed by atoms with Crippen molar-refractivity contribution >= 4 is 17.3 Å². The third-order valence-electron chi connectivity index (χ3n) is 3.41. The van der Waals surface area contributed by atoms with E-state index < -0.39 is 12.1 Å². The Hall–Kier alpha value is -2.58. The SMILES string of the molecule is CN(C)c1cccc(NC(=O)CCCCc2noc(C(F)(F)F)n2)c1. The second kappa shape index (κ2) is 8.00. The number of hydrogen-bond donors (Lipinski definition) is 1. The van der Waals surface area contributed by atoms with Gasteiger partial charge >= 0.3 is 12.1 Å². The number of rotatable bonds is 7. The molecule has 136 valence electrons. The van der Waals surface area contributed by atoms with Crippen molar-refractivity contribution in [2.75, 3.05) is 24.3 Å². The highest BCUT2D eigenvalue weighted by Crippen LogP contribution is 2.27. The molecule has 0 spiro atoms. The second-order valence-electron chi connectivity index (χ2n) is 5.71. The minimum Gasteiger partial charge on any atom is -0.378 e. The van der Waals surface area contributed by atoms with E-state index in [0.29, 0.717) is 18.5 Å². The van der Waals surface area contributed by atoms with Gasteiger partial charge in [-0.15, -0.1) is 0 Å². The van der Waals surface area contributed by atoms with Crippen molar-refractivity contribution in [1.29, 1.82) is 0 Å². The quantitative estimate of drug-likeness (QED) is 0.769. The molecular weight excluding hydrogens is 337 g/mol. The molecule has 0 aliphatic rings. The number of alkyl halides is 3. The molecule has 1 aromatic heterocycles. The Labute approximate surface area is 143 Å². The first-order chi connectivity index (χ1) is 11.8. The molecular formula is C16H19F3N4O2. The van der Waals surface area contributed by atoms with Crippen molar-refractivity contribution in [1.82, 2.24) is 10.1 Å². The highest BCUT2D eigenvalue weighted by Gasteiger charge is 2.38. The van der Waals surface area contributed by atoms with Crippen LogP contribution in [0.25, 0.3) is 0 Å². The highest BCUT2D eigenvalue weighted by molar-refractivity contribution is 5.91. The van der Waals surface area contributed by atoms with Crippen LogP contribution in [0.5, 0.6) is 0 Å². The maximum atomic E-state index is 12.3. The van der Waals surface area contributed by atoms with Gasteiger partial charge in [-0.2, -0.15) is 18.2 Å². The minimum atomic E-state index is -4.63. The van der Waals surface area contributed by atoms with Crippen LogP contribution < -0.4 is 10.2 Å². The van der Waals surface area contributed by atoms with Gasteiger partial charge in [-0.25, -0.2) is 0 Å². The Morgan fingerprint density at radius 2 is 2.04 bits per heavy atom. The van der Waals surface area contributed by atoms with Crippen molar-refractivity contribution in [3.05, 3.63) is 36.0 Å². The first-order valence-electron chi connectivity index (χ1n) is 7.73. The number of hydrogen-bond acceptors (Lipinski definition) is 5. The molecule has 2 rings (SSSR count). The molecule has 2 aromatic rings. The van der Waals surface area contributed by atoms with Crippen LogP contribution in [0, 0.1) is 0 Å². The van der Waals surface area contributed by atoms with Crippen LogP contribution in [-0.2, 0) is 17.4 Å². The van der Waals surface area contributed by atoms with E-state index in [-0.39, 0.29) is 24.6 Å². The molecule has 1 N–H and O–H groups in total. The molecule has 1 amide bonds. The average molecular weight is 356 g/mol. The summed E-state index contributed by atoms with van der Waals surface area (Å²) in [5.74, 6) is -1.51. The Morgan fingerprint density at radius 1 is 1.28 bits per heavy atom. The molecule has 0 radical (unpaired) electrons. The molecule has 6 nitrogen and oxygen atoms in total. The number of benzene rings is 1. The zero-order valence-corrected chi connectivity index (χ0v) is 13.9. The lowest BCUT2D eigenvalue weighted by atomic mass is 10.1. The maximum Gasteiger partial charge on any atom is 0.471 e. The molecule has 0 unspecified atom stereocenters. The molecule has 1 aromatic carbocycles. The summed E-state index contributed by atoms with van der Waals surface area (Å²) < 4.78 is 41.1. The summed E-state index contributed by atoms with van der Waals surface area (Å²) in [6, 6.07) is 7.42. The third-order valence-corrected chi connectivity index (χ3v) is 3.41. The zero-order valence-electron chi connectivity index (χ0n) is 13.9. The first kappa shape index (κ1) is 18.8. The normalized spacial score (nSPS) is 11.4. The average Bonchev–Trinajstić information content (AvgIpc) is 3.01. The fourth-order valence-electron chi connectivity index (χ4n) is 2.12. The molecule has 0 aliphatic heterocycles. The number of aryl methyl sites for hydroxylation is 1. The van der Waals surface area contributed by atoms with Gasteiger partial charge in [-0.05, 0) is 31.0 Å². The van der Waals surface area contributed by atoms with E-state index in [2.05, 4.69) is 20.0 Å². The van der Waals surface area contributed by atoms with E-state index in [1.54, 1.807) is 6.07 Å². The molecule has 0 saturated carbocycles. The van der Waals surface area contributed by atoms with Crippen molar-refractivity contribution in [2.45, 2.75) is 31.9 Å². The van der Waals surface area contributed by atoms with E-state index in [1.807, 2.05) is 37.2 Å². The molecule has 0 aliphatic carbocycles. The van der Waals surface area contributed by atoms with Crippen molar-refractivity contribution < 1.29 is 22.5 Å². The first-order valence-corrected chi connectivity index (χ1v) is 7.73. The lowest BCUT2D eigenvalue weighted by Gasteiger charge is -2.14. The summed E-state index contributed by atoms with van der Waals surface area (Å²) in [7, 11) is 3.81. The summed E-state index contributed by atoms with van der Waals surface area (Å²) in [4.78, 5) is 17.1. The minimum absolute atomic E-state index is 0.00795. The lowest BCUT2D eigenvalue weighted by Crippen LogP contribution is -2.13. The fraction of sp³-hybridized carbons (Fsp3) is 0.438. The Bertz CT molecular complexity index is 713. The molecule has 0 atom stereocenters. The Balaban J connectivity index is 1.74. The lowest BCUT2D eigenvalue weighted by molar-refractivity contribution is -0.159. The van der Waals surface area contributed by atoms with Gasteiger partial charge in [0.05, 0.1) is 0 Å². The molecule has 1 heterocycles. The summed E-state index contributed by atoms with van der Waals surface area (Å²) in [6.45, 7) is 0. The molecule has 9 heteroatoms. The van der Waals surface area contributed by atoms with Gasteiger partial charge in [0.2, 0.25) is 5.91 Å². The smallest absolute Gasteiger partial charge is 0.378 e. The molecule has 0 bridgehead atoms. The van der Waals surface area contributed by atoms with Gasteiger partial charge in [-0.3, -0.25) is 4.79 Å². The summed E-state index contributed by atoms with van der Waals surface area (Å²) in [5.41, 5.74) is 1.67. The van der Waals surface area contributed by atoms with Gasteiger partial charge in [0.15, 0.2) is 5.82 Å². The van der Waals surface area contributed by atoms with Crippen LogP contribution in [0.4, 0.5) is 24.5 Å². The van der Waals surface area contributed by atoms with Crippen LogP contribution in [0.2, 0.25) is 0 Å². The standard InChI is InChI=1S/C16H19F3N4O2/c1-23(2)12-7-5-6-11(10-12)20-14(24)9-4-3-8-13-21-15(25-22-13)16(17,18)19/h5-7,10H,3-4,8-9H2,1-2H3,(H,20,24). The van der Waals surface area contributed by atoms with Crippen molar-refractivity contribution in [2.24, 2.45) is 0 Å². The third kappa shape index (κ3) is 5.77. The molecule has 25 heavy (non-hydrogen) atoms. The van der Waals surface area contributed by atoms with E-state index in [1.165, 1.54) is 0 Å². The number of nitrogens with one attached hydrogen (secondary N) is 1. The van der Waals surface area contributed by atoms with Gasteiger partial charge in [0, 0.05) is 38.3 Å². The van der Waals surface area contributed by atoms with Crippen molar-refractivity contribution in [3.63, 3.8) is 0 Å². The fourth-order valence-corrected chi connectivity index (χ4v) is 2.12. The largest absolute Gasteiger partial charge is 0.471 e. The second-order valence-corrected chi connectivity index (χ2v) is 5.71. The number of amides is 1. The van der Waals surface area contributed by atoms with Gasteiger partial charge < -0.3 is 14.7 Å².